The molecule has 2 atom stereocenters. The molecule has 0 spiro atoms. The van der Waals surface area contributed by atoms with E-state index in [1.165, 1.54) is 12.8 Å². The second-order valence-electron chi connectivity index (χ2n) is 6.41. The molecular formula is C18H28Cl2N2O2. The molecule has 6 heteroatoms. The highest BCUT2D eigenvalue weighted by Gasteiger charge is 2.23. The molecule has 1 aromatic rings. The minimum atomic E-state index is 0. The van der Waals surface area contributed by atoms with Crippen molar-refractivity contribution in [1.29, 1.82) is 0 Å². The predicted molar refractivity (Wildman–Crippen MR) is 101 cm³/mol. The highest BCUT2D eigenvalue weighted by Crippen LogP contribution is 2.23. The van der Waals surface area contributed by atoms with Gasteiger partial charge in [0.1, 0.15) is 12.4 Å². The maximum atomic E-state index is 12.3. The van der Waals surface area contributed by atoms with Gasteiger partial charge in [-0.2, -0.15) is 0 Å². The standard InChI is InChI=1S/C18H27ClN2O2.ClH/c1-14(15-5-4-8-20-13-15)11-18(22)21(2)9-10-23-17-7-3-6-16(19)12-17;/h3,6-7,12,14-15,20H,4-5,8-11,13H2,1-2H3;1H. The molecule has 24 heavy (non-hydrogen) atoms. The summed E-state index contributed by atoms with van der Waals surface area (Å²) in [6.07, 6.45) is 3.05. The van der Waals surface area contributed by atoms with E-state index in [9.17, 15) is 4.79 Å². The predicted octanol–water partition coefficient (Wildman–Crippen LogP) is 3.62. The largest absolute Gasteiger partial charge is 0.492 e. The molecule has 1 aliphatic rings. The number of likely N-dealkylation sites (N-methyl/N-ethyl adjacent to an activating group) is 1. The van der Waals surface area contributed by atoms with Gasteiger partial charge in [0, 0.05) is 18.5 Å². The van der Waals surface area contributed by atoms with Gasteiger partial charge in [-0.05, 0) is 56.0 Å². The molecule has 0 aromatic heterocycles. The van der Waals surface area contributed by atoms with Crippen molar-refractivity contribution in [2.45, 2.75) is 26.2 Å². The smallest absolute Gasteiger partial charge is 0.222 e. The van der Waals surface area contributed by atoms with Gasteiger partial charge in [0.05, 0.1) is 6.54 Å². The molecule has 0 saturated carbocycles. The zero-order chi connectivity index (χ0) is 16.7. The van der Waals surface area contributed by atoms with Crippen molar-refractivity contribution in [3.05, 3.63) is 29.3 Å². The average Bonchev–Trinajstić information content (AvgIpc) is 2.55. The summed E-state index contributed by atoms with van der Waals surface area (Å²) in [6.45, 7) is 5.39. The Morgan fingerprint density at radius 2 is 2.29 bits per heavy atom. The number of halogens is 2. The Balaban J connectivity index is 0.00000288. The van der Waals surface area contributed by atoms with Gasteiger partial charge in [-0.1, -0.05) is 24.6 Å². The molecule has 0 bridgehead atoms. The maximum absolute atomic E-state index is 12.3. The van der Waals surface area contributed by atoms with Crippen LogP contribution in [0.4, 0.5) is 0 Å². The van der Waals surface area contributed by atoms with Crippen LogP contribution in [-0.4, -0.2) is 44.1 Å². The van der Waals surface area contributed by atoms with E-state index in [0.29, 0.717) is 36.4 Å². The van der Waals surface area contributed by atoms with Crippen LogP contribution in [0.3, 0.4) is 0 Å². The van der Waals surface area contributed by atoms with E-state index < -0.39 is 0 Å². The number of nitrogens with one attached hydrogen (secondary N) is 1. The fraction of sp³-hybridized carbons (Fsp3) is 0.611. The Kier molecular flexibility index (Phi) is 9.49. The minimum Gasteiger partial charge on any atom is -0.492 e. The van der Waals surface area contributed by atoms with Crippen LogP contribution in [0.25, 0.3) is 0 Å². The highest BCUT2D eigenvalue weighted by molar-refractivity contribution is 6.30. The van der Waals surface area contributed by atoms with E-state index in [-0.39, 0.29) is 18.3 Å². The van der Waals surface area contributed by atoms with Crippen molar-refractivity contribution in [3.63, 3.8) is 0 Å². The first kappa shape index (κ1) is 21.1. The highest BCUT2D eigenvalue weighted by atomic mass is 35.5. The molecule has 0 radical (unpaired) electrons. The topological polar surface area (TPSA) is 41.6 Å². The number of nitrogens with zero attached hydrogens (tertiary/aromatic N) is 1. The van der Waals surface area contributed by atoms with Crippen LogP contribution in [0.5, 0.6) is 5.75 Å². The van der Waals surface area contributed by atoms with E-state index in [2.05, 4.69) is 12.2 Å². The molecule has 1 N–H and O–H groups in total. The van der Waals surface area contributed by atoms with Crippen molar-refractivity contribution in [2.24, 2.45) is 11.8 Å². The molecule has 2 rings (SSSR count). The van der Waals surface area contributed by atoms with Crippen LogP contribution in [0.2, 0.25) is 5.02 Å². The van der Waals surface area contributed by atoms with Crippen LogP contribution in [-0.2, 0) is 4.79 Å². The number of amides is 1. The first-order valence-electron chi connectivity index (χ1n) is 8.39. The third-order valence-corrected chi connectivity index (χ3v) is 4.79. The fourth-order valence-electron chi connectivity index (χ4n) is 2.94. The zero-order valence-electron chi connectivity index (χ0n) is 14.5. The van der Waals surface area contributed by atoms with E-state index >= 15 is 0 Å². The van der Waals surface area contributed by atoms with Gasteiger partial charge >= 0.3 is 0 Å². The van der Waals surface area contributed by atoms with Gasteiger partial charge in [0.25, 0.3) is 0 Å². The Labute approximate surface area is 156 Å². The summed E-state index contributed by atoms with van der Waals surface area (Å²) in [7, 11) is 1.84. The van der Waals surface area contributed by atoms with Gasteiger partial charge in [-0.15, -0.1) is 12.4 Å². The summed E-state index contributed by atoms with van der Waals surface area (Å²) < 4.78 is 5.64. The summed E-state index contributed by atoms with van der Waals surface area (Å²) in [6, 6.07) is 7.31. The van der Waals surface area contributed by atoms with Crippen molar-refractivity contribution in [3.8, 4) is 5.75 Å². The molecule has 1 amide bonds. The number of rotatable bonds is 7. The molecule has 1 heterocycles. The Morgan fingerprint density at radius 3 is 2.96 bits per heavy atom. The summed E-state index contributed by atoms with van der Waals surface area (Å²) in [4.78, 5) is 14.1. The molecule has 1 aromatic carbocycles. The number of hydrogen-bond donors (Lipinski definition) is 1. The third kappa shape index (κ3) is 6.88. The second-order valence-corrected chi connectivity index (χ2v) is 6.85. The van der Waals surface area contributed by atoms with Crippen molar-refractivity contribution in [2.75, 3.05) is 33.3 Å². The van der Waals surface area contributed by atoms with Gasteiger partial charge in [0.2, 0.25) is 5.91 Å². The van der Waals surface area contributed by atoms with E-state index in [1.54, 1.807) is 11.0 Å². The summed E-state index contributed by atoms with van der Waals surface area (Å²) >= 11 is 5.92. The first-order valence-corrected chi connectivity index (χ1v) is 8.77. The molecule has 1 fully saturated rings. The molecular weight excluding hydrogens is 347 g/mol. The molecule has 0 aliphatic carbocycles. The number of carbonyl (C=O) groups is 1. The monoisotopic (exact) mass is 374 g/mol. The third-order valence-electron chi connectivity index (χ3n) is 4.55. The van der Waals surface area contributed by atoms with Crippen LogP contribution in [0, 0.1) is 11.8 Å². The summed E-state index contributed by atoms with van der Waals surface area (Å²) in [5.41, 5.74) is 0. The number of benzene rings is 1. The van der Waals surface area contributed by atoms with Crippen LogP contribution in [0.1, 0.15) is 26.2 Å². The van der Waals surface area contributed by atoms with Gasteiger partial charge in [-0.3, -0.25) is 4.79 Å². The lowest BCUT2D eigenvalue weighted by Gasteiger charge is -2.29. The van der Waals surface area contributed by atoms with Crippen LogP contribution >= 0.6 is 24.0 Å². The fourth-order valence-corrected chi connectivity index (χ4v) is 3.12. The lowest BCUT2D eigenvalue weighted by Crippen LogP contribution is -2.37. The number of hydrogen-bond acceptors (Lipinski definition) is 3. The van der Waals surface area contributed by atoms with Crippen molar-refractivity contribution < 1.29 is 9.53 Å². The quantitative estimate of drug-likeness (QED) is 0.792. The van der Waals surface area contributed by atoms with E-state index in [4.69, 9.17) is 16.3 Å². The Bertz CT molecular complexity index is 508. The maximum Gasteiger partial charge on any atom is 0.222 e. The lowest BCUT2D eigenvalue weighted by molar-refractivity contribution is -0.131. The Hall–Kier alpha value is -0.970. The Morgan fingerprint density at radius 1 is 1.50 bits per heavy atom. The lowest BCUT2D eigenvalue weighted by atomic mass is 9.85. The number of ether oxygens (including phenoxy) is 1. The summed E-state index contributed by atoms with van der Waals surface area (Å²) in [5, 5.41) is 4.07. The van der Waals surface area contributed by atoms with Gasteiger partial charge in [0.15, 0.2) is 0 Å². The average molecular weight is 375 g/mol. The van der Waals surface area contributed by atoms with Crippen LogP contribution < -0.4 is 10.1 Å². The molecule has 136 valence electrons. The van der Waals surface area contributed by atoms with Crippen LogP contribution in [0.15, 0.2) is 24.3 Å². The molecule has 1 aliphatic heterocycles. The number of piperidine rings is 1. The molecule has 4 nitrogen and oxygen atoms in total. The van der Waals surface area contributed by atoms with Crippen molar-refractivity contribution in [1.82, 2.24) is 10.2 Å². The molecule has 1 saturated heterocycles. The van der Waals surface area contributed by atoms with E-state index in [1.807, 2.05) is 25.2 Å². The second kappa shape index (κ2) is 10.8. The number of carbonyl (C=O) groups excluding carboxylic acids is 1. The zero-order valence-corrected chi connectivity index (χ0v) is 16.0. The van der Waals surface area contributed by atoms with Crippen molar-refractivity contribution >= 4 is 29.9 Å². The van der Waals surface area contributed by atoms with Gasteiger partial charge < -0.3 is 15.0 Å². The van der Waals surface area contributed by atoms with Gasteiger partial charge in [-0.25, -0.2) is 0 Å². The summed E-state index contributed by atoms with van der Waals surface area (Å²) in [5.74, 6) is 1.97. The SMILES string of the molecule is CC(CC(=O)N(C)CCOc1cccc(Cl)c1)C1CCCNC1.Cl. The minimum absolute atomic E-state index is 0. The normalized spacial score (nSPS) is 18.4. The molecule has 2 unspecified atom stereocenters. The van der Waals surface area contributed by atoms with E-state index in [0.717, 1.165) is 18.8 Å². The first-order chi connectivity index (χ1) is 11.1.